The first kappa shape index (κ1) is 10.8. The maximum absolute atomic E-state index is 8.52. The van der Waals surface area contributed by atoms with Crippen LogP contribution in [0.5, 0.6) is 5.75 Å². The van der Waals surface area contributed by atoms with Crippen LogP contribution in [0.1, 0.15) is 18.4 Å². The molecule has 86 valence electrons. The summed E-state index contributed by atoms with van der Waals surface area (Å²) in [5.74, 6) is 0.738. The lowest BCUT2D eigenvalue weighted by atomic mass is 10.2. The molecule has 1 aromatic carbocycles. The molecule has 0 radical (unpaired) electrons. The van der Waals surface area contributed by atoms with E-state index in [0.717, 1.165) is 24.4 Å². The number of oxime groups is 1. The second-order valence-electron chi connectivity index (χ2n) is 3.86. The molecule has 1 aliphatic heterocycles. The molecule has 0 unspecified atom stereocenters. The first-order valence-electron chi connectivity index (χ1n) is 5.45. The van der Waals surface area contributed by atoms with Gasteiger partial charge in [-0.15, -0.1) is 0 Å². The van der Waals surface area contributed by atoms with E-state index in [4.69, 9.17) is 9.94 Å². The van der Waals surface area contributed by atoms with Gasteiger partial charge in [0.2, 0.25) is 0 Å². The Bertz CT molecular complexity index is 385. The molecule has 0 aliphatic carbocycles. The third-order valence-electron chi connectivity index (χ3n) is 2.89. The number of anilines is 1. The van der Waals surface area contributed by atoms with Gasteiger partial charge in [0.15, 0.2) is 0 Å². The van der Waals surface area contributed by atoms with Crippen LogP contribution in [0.15, 0.2) is 23.4 Å². The summed E-state index contributed by atoms with van der Waals surface area (Å²) in [7, 11) is 1.62. The van der Waals surface area contributed by atoms with Gasteiger partial charge in [0, 0.05) is 30.4 Å². The standard InChI is InChI=1S/C12H16N2O2/c1-16-12-8-11(14-6-2-3-7-14)5-4-10(12)9-13-15/h4-5,8-9,15H,2-3,6-7H2,1H3/b13-9+. The highest BCUT2D eigenvalue weighted by molar-refractivity contribution is 5.84. The van der Waals surface area contributed by atoms with Crippen molar-refractivity contribution >= 4 is 11.9 Å². The highest BCUT2D eigenvalue weighted by Gasteiger charge is 2.13. The largest absolute Gasteiger partial charge is 0.496 e. The molecule has 16 heavy (non-hydrogen) atoms. The topological polar surface area (TPSA) is 45.1 Å². The smallest absolute Gasteiger partial charge is 0.129 e. The van der Waals surface area contributed by atoms with Gasteiger partial charge in [-0.1, -0.05) is 5.16 Å². The maximum atomic E-state index is 8.52. The van der Waals surface area contributed by atoms with Crippen LogP contribution in [-0.2, 0) is 0 Å². The summed E-state index contributed by atoms with van der Waals surface area (Å²) in [5.41, 5.74) is 1.96. The van der Waals surface area contributed by atoms with Crippen LogP contribution in [0, 0.1) is 0 Å². The van der Waals surface area contributed by atoms with Crippen LogP contribution >= 0.6 is 0 Å². The van der Waals surface area contributed by atoms with Crippen LogP contribution in [0.25, 0.3) is 0 Å². The van der Waals surface area contributed by atoms with Gasteiger partial charge in [-0.25, -0.2) is 0 Å². The van der Waals surface area contributed by atoms with Crippen molar-refractivity contribution < 1.29 is 9.94 Å². The molecule has 0 aromatic heterocycles. The zero-order valence-corrected chi connectivity index (χ0v) is 9.39. The zero-order chi connectivity index (χ0) is 11.4. The minimum absolute atomic E-state index is 0.738. The van der Waals surface area contributed by atoms with Crippen molar-refractivity contribution in [3.8, 4) is 5.75 Å². The maximum Gasteiger partial charge on any atom is 0.129 e. The van der Waals surface area contributed by atoms with E-state index in [2.05, 4.69) is 10.1 Å². The monoisotopic (exact) mass is 220 g/mol. The highest BCUT2D eigenvalue weighted by Crippen LogP contribution is 2.27. The first-order chi connectivity index (χ1) is 7.85. The number of ether oxygens (including phenoxy) is 1. The van der Waals surface area contributed by atoms with Gasteiger partial charge < -0.3 is 14.8 Å². The van der Waals surface area contributed by atoms with Crippen molar-refractivity contribution in [3.05, 3.63) is 23.8 Å². The number of methoxy groups -OCH3 is 1. The van der Waals surface area contributed by atoms with E-state index in [0.29, 0.717) is 0 Å². The molecule has 1 N–H and O–H groups in total. The second kappa shape index (κ2) is 4.88. The summed E-state index contributed by atoms with van der Waals surface area (Å²) in [4.78, 5) is 2.34. The van der Waals surface area contributed by atoms with E-state index in [1.54, 1.807) is 7.11 Å². The lowest BCUT2D eigenvalue weighted by molar-refractivity contribution is 0.321. The fourth-order valence-electron chi connectivity index (χ4n) is 2.04. The Morgan fingerprint density at radius 1 is 1.38 bits per heavy atom. The minimum Gasteiger partial charge on any atom is -0.496 e. The van der Waals surface area contributed by atoms with Crippen molar-refractivity contribution in [2.24, 2.45) is 5.16 Å². The summed E-state index contributed by atoms with van der Waals surface area (Å²) in [6.07, 6.45) is 3.89. The fraction of sp³-hybridized carbons (Fsp3) is 0.417. The molecule has 0 bridgehead atoms. The molecule has 1 saturated heterocycles. The molecule has 0 atom stereocenters. The molecule has 4 heteroatoms. The lowest BCUT2D eigenvalue weighted by Crippen LogP contribution is -2.17. The fourth-order valence-corrected chi connectivity index (χ4v) is 2.04. The van der Waals surface area contributed by atoms with E-state index in [-0.39, 0.29) is 0 Å². The van der Waals surface area contributed by atoms with E-state index < -0.39 is 0 Å². The molecule has 1 heterocycles. The quantitative estimate of drug-likeness (QED) is 0.482. The van der Waals surface area contributed by atoms with Gasteiger partial charge in [-0.05, 0) is 25.0 Å². The van der Waals surface area contributed by atoms with E-state index >= 15 is 0 Å². The molecule has 0 spiro atoms. The van der Waals surface area contributed by atoms with Gasteiger partial charge in [0.25, 0.3) is 0 Å². The molecule has 1 fully saturated rings. The Labute approximate surface area is 95.1 Å². The molecule has 1 aliphatic rings. The van der Waals surface area contributed by atoms with Gasteiger partial charge >= 0.3 is 0 Å². The molecule has 0 amide bonds. The van der Waals surface area contributed by atoms with Crippen molar-refractivity contribution in [1.82, 2.24) is 0 Å². The van der Waals surface area contributed by atoms with E-state index in [9.17, 15) is 0 Å². The second-order valence-corrected chi connectivity index (χ2v) is 3.86. The van der Waals surface area contributed by atoms with Crippen molar-refractivity contribution in [3.63, 3.8) is 0 Å². The molecule has 2 rings (SSSR count). The van der Waals surface area contributed by atoms with Crippen molar-refractivity contribution in [2.45, 2.75) is 12.8 Å². The molecule has 0 saturated carbocycles. The van der Waals surface area contributed by atoms with Gasteiger partial charge in [0.1, 0.15) is 5.75 Å². The summed E-state index contributed by atoms with van der Waals surface area (Å²) >= 11 is 0. The minimum atomic E-state index is 0.738. The average molecular weight is 220 g/mol. The number of benzene rings is 1. The Balaban J connectivity index is 2.28. The SMILES string of the molecule is COc1cc(N2CCCC2)ccc1/C=N/O. The Morgan fingerprint density at radius 3 is 2.75 bits per heavy atom. The number of hydrogen-bond acceptors (Lipinski definition) is 4. The van der Waals surface area contributed by atoms with Gasteiger partial charge in [0.05, 0.1) is 13.3 Å². The third-order valence-corrected chi connectivity index (χ3v) is 2.89. The number of rotatable bonds is 3. The molecule has 4 nitrogen and oxygen atoms in total. The first-order valence-corrected chi connectivity index (χ1v) is 5.45. The molecular weight excluding hydrogens is 204 g/mol. The lowest BCUT2D eigenvalue weighted by Gasteiger charge is -2.18. The van der Waals surface area contributed by atoms with Crippen LogP contribution in [0.3, 0.4) is 0 Å². The van der Waals surface area contributed by atoms with Gasteiger partial charge in [-0.2, -0.15) is 0 Å². The van der Waals surface area contributed by atoms with Crippen LogP contribution in [0.2, 0.25) is 0 Å². The average Bonchev–Trinajstić information content (AvgIpc) is 2.83. The third kappa shape index (κ3) is 2.10. The molecular formula is C12H16N2O2. The summed E-state index contributed by atoms with van der Waals surface area (Å²) in [6.45, 7) is 2.22. The number of nitrogens with zero attached hydrogens (tertiary/aromatic N) is 2. The van der Waals surface area contributed by atoms with Gasteiger partial charge in [-0.3, -0.25) is 0 Å². The Hall–Kier alpha value is -1.71. The predicted octanol–water partition coefficient (Wildman–Crippen LogP) is 2.10. The zero-order valence-electron chi connectivity index (χ0n) is 9.39. The Kier molecular flexibility index (Phi) is 3.29. The number of hydrogen-bond donors (Lipinski definition) is 1. The highest BCUT2D eigenvalue weighted by atomic mass is 16.5. The van der Waals surface area contributed by atoms with Crippen LogP contribution in [-0.4, -0.2) is 31.6 Å². The van der Waals surface area contributed by atoms with Crippen molar-refractivity contribution in [2.75, 3.05) is 25.1 Å². The predicted molar refractivity (Wildman–Crippen MR) is 63.8 cm³/mol. The Morgan fingerprint density at radius 2 is 2.12 bits per heavy atom. The van der Waals surface area contributed by atoms with E-state index in [1.807, 2.05) is 18.2 Å². The summed E-state index contributed by atoms with van der Waals surface area (Å²) in [5, 5.41) is 11.5. The van der Waals surface area contributed by atoms with Crippen LogP contribution < -0.4 is 9.64 Å². The van der Waals surface area contributed by atoms with E-state index in [1.165, 1.54) is 24.7 Å². The van der Waals surface area contributed by atoms with Crippen LogP contribution in [0.4, 0.5) is 5.69 Å². The summed E-state index contributed by atoms with van der Waals surface area (Å²) in [6, 6.07) is 5.93. The van der Waals surface area contributed by atoms with Crippen molar-refractivity contribution in [1.29, 1.82) is 0 Å². The normalized spacial score (nSPS) is 15.9. The molecule has 1 aromatic rings. The summed E-state index contributed by atoms with van der Waals surface area (Å²) < 4.78 is 5.27.